The summed E-state index contributed by atoms with van der Waals surface area (Å²) in [5.74, 6) is -1.31. The van der Waals surface area contributed by atoms with Gasteiger partial charge in [-0.3, -0.25) is 0 Å². The minimum Gasteiger partial charge on any atom is -0.391 e. The molecule has 0 saturated heterocycles. The third-order valence-corrected chi connectivity index (χ3v) is 2.34. The molecule has 1 aromatic carbocycles. The van der Waals surface area contributed by atoms with E-state index in [-0.39, 0.29) is 18.6 Å². The van der Waals surface area contributed by atoms with E-state index in [0.29, 0.717) is 11.3 Å². The molecule has 0 aliphatic carbocycles. The Morgan fingerprint density at radius 3 is 2.22 bits per heavy atom. The fourth-order valence-electron chi connectivity index (χ4n) is 1.28. The zero-order chi connectivity index (χ0) is 13.8. The lowest BCUT2D eigenvalue weighted by atomic mass is 9.91. The minimum atomic E-state index is -0.657. The summed E-state index contributed by atoms with van der Waals surface area (Å²) >= 11 is 0. The zero-order valence-corrected chi connectivity index (χ0v) is 10.7. The van der Waals surface area contributed by atoms with E-state index in [1.54, 1.807) is 0 Å². The van der Waals surface area contributed by atoms with Gasteiger partial charge in [0.15, 0.2) is 0 Å². The highest BCUT2D eigenvalue weighted by Crippen LogP contribution is 2.16. The second-order valence-electron chi connectivity index (χ2n) is 5.00. The highest BCUT2D eigenvalue weighted by atomic mass is 19.1. The van der Waals surface area contributed by atoms with Crippen molar-refractivity contribution in [3.63, 3.8) is 0 Å². The first-order valence-corrected chi connectivity index (χ1v) is 5.58. The molecule has 1 rings (SSSR count). The second-order valence-corrected chi connectivity index (χ2v) is 5.00. The zero-order valence-electron chi connectivity index (χ0n) is 10.7. The fraction of sp³-hybridized carbons (Fsp3) is 0.462. The maximum atomic E-state index is 12.9. The SMILES string of the molecule is CC(C)(C)/C(CO)=N/OCc1cc(F)cc(F)c1. The Labute approximate surface area is 105 Å². The number of nitrogens with zero attached hydrogens (tertiary/aromatic N) is 1. The first-order chi connectivity index (χ1) is 8.32. The van der Waals surface area contributed by atoms with Gasteiger partial charge in [-0.2, -0.15) is 0 Å². The smallest absolute Gasteiger partial charge is 0.142 e. The largest absolute Gasteiger partial charge is 0.391 e. The third-order valence-electron chi connectivity index (χ3n) is 2.34. The molecule has 0 aliphatic rings. The standard InChI is InChI=1S/C13H17F2NO2/c1-13(2,3)12(7-17)16-18-8-9-4-10(14)6-11(15)5-9/h4-6,17H,7-8H2,1-3H3/b16-12+. The number of oxime groups is 1. The van der Waals surface area contributed by atoms with Gasteiger partial charge in [-0.15, -0.1) is 0 Å². The maximum absolute atomic E-state index is 12.9. The molecule has 3 nitrogen and oxygen atoms in total. The topological polar surface area (TPSA) is 41.8 Å². The van der Waals surface area contributed by atoms with Crippen LogP contribution in [-0.4, -0.2) is 17.4 Å². The van der Waals surface area contributed by atoms with Crippen LogP contribution in [-0.2, 0) is 11.4 Å². The van der Waals surface area contributed by atoms with Crippen molar-refractivity contribution < 1.29 is 18.7 Å². The molecule has 5 heteroatoms. The van der Waals surface area contributed by atoms with E-state index in [1.807, 2.05) is 20.8 Å². The lowest BCUT2D eigenvalue weighted by molar-refractivity contribution is 0.124. The average molecular weight is 257 g/mol. The van der Waals surface area contributed by atoms with E-state index in [2.05, 4.69) is 5.16 Å². The van der Waals surface area contributed by atoms with Gasteiger partial charge in [0.25, 0.3) is 0 Å². The molecule has 0 saturated carbocycles. The summed E-state index contributed by atoms with van der Waals surface area (Å²) in [5.41, 5.74) is 0.504. The molecule has 0 aromatic heterocycles. The fourth-order valence-corrected chi connectivity index (χ4v) is 1.28. The molecule has 18 heavy (non-hydrogen) atoms. The quantitative estimate of drug-likeness (QED) is 0.665. The highest BCUT2D eigenvalue weighted by Gasteiger charge is 2.18. The van der Waals surface area contributed by atoms with Crippen LogP contribution in [0.5, 0.6) is 0 Å². The predicted octanol–water partition coefficient (Wildman–Crippen LogP) is 2.88. The van der Waals surface area contributed by atoms with Gasteiger partial charge in [-0.05, 0) is 17.7 Å². The number of rotatable bonds is 4. The van der Waals surface area contributed by atoms with Gasteiger partial charge in [0.05, 0.1) is 12.3 Å². The van der Waals surface area contributed by atoms with Gasteiger partial charge >= 0.3 is 0 Å². The van der Waals surface area contributed by atoms with Crippen molar-refractivity contribution in [2.45, 2.75) is 27.4 Å². The van der Waals surface area contributed by atoms with Gasteiger partial charge in [0, 0.05) is 11.5 Å². The Hall–Kier alpha value is -1.49. The average Bonchev–Trinajstić information content (AvgIpc) is 2.21. The van der Waals surface area contributed by atoms with E-state index >= 15 is 0 Å². The highest BCUT2D eigenvalue weighted by molar-refractivity contribution is 5.89. The molecular formula is C13H17F2NO2. The summed E-state index contributed by atoms with van der Waals surface area (Å²) in [6.07, 6.45) is 0. The van der Waals surface area contributed by atoms with E-state index in [0.717, 1.165) is 6.07 Å². The second kappa shape index (κ2) is 5.91. The maximum Gasteiger partial charge on any atom is 0.142 e. The normalized spacial score (nSPS) is 12.7. The van der Waals surface area contributed by atoms with Crippen LogP contribution < -0.4 is 0 Å². The summed E-state index contributed by atoms with van der Waals surface area (Å²) in [7, 11) is 0. The molecule has 0 spiro atoms. The lowest BCUT2D eigenvalue weighted by Crippen LogP contribution is -2.24. The van der Waals surface area contributed by atoms with E-state index in [4.69, 9.17) is 9.94 Å². The molecule has 0 aliphatic heterocycles. The summed E-state index contributed by atoms with van der Waals surface area (Å²) in [6.45, 7) is 5.38. The van der Waals surface area contributed by atoms with Crippen LogP contribution in [0.1, 0.15) is 26.3 Å². The lowest BCUT2D eigenvalue weighted by Gasteiger charge is -2.18. The Morgan fingerprint density at radius 2 is 1.78 bits per heavy atom. The first-order valence-electron chi connectivity index (χ1n) is 5.58. The molecule has 0 unspecified atom stereocenters. The van der Waals surface area contributed by atoms with Crippen molar-refractivity contribution in [3.8, 4) is 0 Å². The molecule has 0 heterocycles. The number of hydrogen-bond acceptors (Lipinski definition) is 3. The summed E-state index contributed by atoms with van der Waals surface area (Å²) in [6, 6.07) is 3.14. The van der Waals surface area contributed by atoms with Crippen molar-refractivity contribution in [1.29, 1.82) is 0 Å². The minimum absolute atomic E-state index is 0.0474. The van der Waals surface area contributed by atoms with Gasteiger partial charge in [0.1, 0.15) is 18.2 Å². The van der Waals surface area contributed by atoms with Gasteiger partial charge in [-0.25, -0.2) is 8.78 Å². The Balaban J connectivity index is 2.68. The molecule has 0 fully saturated rings. The molecule has 0 radical (unpaired) electrons. The van der Waals surface area contributed by atoms with Crippen LogP contribution in [0.15, 0.2) is 23.4 Å². The monoisotopic (exact) mass is 257 g/mol. The number of benzene rings is 1. The van der Waals surface area contributed by atoms with Crippen molar-refractivity contribution in [2.24, 2.45) is 10.6 Å². The van der Waals surface area contributed by atoms with Crippen molar-refractivity contribution in [2.75, 3.05) is 6.61 Å². The van der Waals surface area contributed by atoms with Crippen molar-refractivity contribution in [3.05, 3.63) is 35.4 Å². The predicted molar refractivity (Wildman–Crippen MR) is 65.1 cm³/mol. The van der Waals surface area contributed by atoms with Gasteiger partial charge in [0.2, 0.25) is 0 Å². The number of aliphatic hydroxyl groups is 1. The first kappa shape index (κ1) is 14.6. The van der Waals surface area contributed by atoms with Gasteiger partial charge in [-0.1, -0.05) is 25.9 Å². The molecule has 1 N–H and O–H groups in total. The van der Waals surface area contributed by atoms with Crippen LogP contribution in [0.3, 0.4) is 0 Å². The van der Waals surface area contributed by atoms with E-state index < -0.39 is 11.6 Å². The molecule has 1 aromatic rings. The Kier molecular flexibility index (Phi) is 4.78. The van der Waals surface area contributed by atoms with Crippen LogP contribution in [0.25, 0.3) is 0 Å². The van der Waals surface area contributed by atoms with Crippen molar-refractivity contribution >= 4 is 5.71 Å². The van der Waals surface area contributed by atoms with Crippen LogP contribution in [0, 0.1) is 17.0 Å². The van der Waals surface area contributed by atoms with Gasteiger partial charge < -0.3 is 9.94 Å². The third kappa shape index (κ3) is 4.41. The summed E-state index contributed by atoms with van der Waals surface area (Å²) in [5, 5.41) is 12.9. The molecular weight excluding hydrogens is 240 g/mol. The Morgan fingerprint density at radius 1 is 1.22 bits per heavy atom. The summed E-state index contributed by atoms with van der Waals surface area (Å²) < 4.78 is 25.8. The van der Waals surface area contributed by atoms with Crippen LogP contribution in [0.4, 0.5) is 8.78 Å². The van der Waals surface area contributed by atoms with E-state index in [9.17, 15) is 8.78 Å². The number of aliphatic hydroxyl groups excluding tert-OH is 1. The number of hydrogen-bond donors (Lipinski definition) is 1. The van der Waals surface area contributed by atoms with Crippen LogP contribution in [0.2, 0.25) is 0 Å². The Bertz CT molecular complexity index is 419. The number of halogens is 2. The molecule has 0 amide bonds. The molecule has 0 atom stereocenters. The van der Waals surface area contributed by atoms with Crippen LogP contribution >= 0.6 is 0 Å². The molecule has 100 valence electrons. The molecule has 0 bridgehead atoms. The van der Waals surface area contributed by atoms with Crippen molar-refractivity contribution in [1.82, 2.24) is 0 Å². The van der Waals surface area contributed by atoms with E-state index in [1.165, 1.54) is 12.1 Å². The summed E-state index contributed by atoms with van der Waals surface area (Å²) in [4.78, 5) is 5.00.